The Balaban J connectivity index is 0.515. The van der Waals surface area contributed by atoms with Crippen LogP contribution >= 0.6 is 0 Å². The summed E-state index contributed by atoms with van der Waals surface area (Å²) in [4.78, 5) is 122. The molecule has 0 spiro atoms. The van der Waals surface area contributed by atoms with Crippen LogP contribution in [-0.2, 0) is 5.41 Å². The number of benzene rings is 17. The highest BCUT2D eigenvalue weighted by atomic mass is 19.4. The molecule has 6 heterocycles. The van der Waals surface area contributed by atoms with Crippen molar-refractivity contribution in [1.82, 2.24) is 25.7 Å². The number of halogens is 6. The van der Waals surface area contributed by atoms with Crippen molar-refractivity contribution in [2.24, 2.45) is 0 Å². The first kappa shape index (κ1) is 86.8. The number of hydrogen-bond acceptors (Lipinski definition) is 18. The maximum absolute atomic E-state index is 16.4. The smallest absolute Gasteiger partial charge is 0.411 e. The van der Waals surface area contributed by atoms with Gasteiger partial charge in [-0.25, -0.2) is 14.7 Å². The first-order valence-corrected chi connectivity index (χ1v) is 44.6. The van der Waals surface area contributed by atoms with Gasteiger partial charge in [-0.1, -0.05) is 127 Å². The summed E-state index contributed by atoms with van der Waals surface area (Å²) in [6, 6.07) is 89.4. The summed E-state index contributed by atoms with van der Waals surface area (Å²) in [6.45, 7) is 0. The van der Waals surface area contributed by atoms with E-state index in [2.05, 4.69) is 25.7 Å². The van der Waals surface area contributed by atoms with Crippen LogP contribution in [0.3, 0.4) is 0 Å². The van der Waals surface area contributed by atoms with Gasteiger partial charge in [-0.3, -0.25) is 43.7 Å². The number of amides is 8. The van der Waals surface area contributed by atoms with E-state index in [0.717, 1.165) is 61.4 Å². The van der Waals surface area contributed by atoms with E-state index in [0.29, 0.717) is 152 Å². The first-order chi connectivity index (χ1) is 68.1. The summed E-state index contributed by atoms with van der Waals surface area (Å²) in [5, 5.41) is 24.6. The Hall–Kier alpha value is -18.3. The molecule has 686 valence electrons. The molecule has 17 aromatic carbocycles. The number of rotatable bonds is 21. The van der Waals surface area contributed by atoms with Crippen LogP contribution in [-0.4, -0.2) is 108 Å². The zero-order chi connectivity index (χ0) is 97.1. The van der Waals surface area contributed by atoms with Gasteiger partial charge in [0, 0.05) is 107 Å². The van der Waals surface area contributed by atoms with Gasteiger partial charge in [-0.05, 0) is 283 Å². The van der Waals surface area contributed by atoms with Gasteiger partial charge in [-0.2, -0.15) is 26.3 Å². The molecule has 28 heteroatoms. The number of anilines is 5. The SMILES string of the molecule is CN(C)c1ccc(-c2nnc(-c3ccc(Oc4ccc(C(c5ccccc5)c5ccc(N6C(=O)c7ccc(C(c8ccc9c(c8)C(=O)N(c8ccc(C(c%10ccc(Oc%11ccc(-c%12nnc(-c%13ccc(N(C)C)cc%13)o%12)cc%11)cc%10)c%10ccc(N%11C(=O)c%12ccc%13c%14ccc%15c%16c(ccc(c%17ccc(c%12c%13%17)C%11=O)c%16%14)C(=O)NC%15=O)cc%10)cc8)C9=O)(C(F)(F)F)C(F)(F)F)cc7C6=O)cc5)cc4)cc3)o2)cc1. The summed E-state index contributed by atoms with van der Waals surface area (Å²) in [7, 11) is 7.78. The fourth-order valence-electron chi connectivity index (χ4n) is 19.9. The topological polar surface area (TPSA) is 261 Å². The number of imide groups is 4. The molecule has 0 saturated heterocycles. The molecule has 0 radical (unpaired) electrons. The average Bonchev–Trinajstić information content (AvgIpc) is 1.49. The van der Waals surface area contributed by atoms with Gasteiger partial charge < -0.3 is 28.1 Å². The van der Waals surface area contributed by atoms with Crippen molar-refractivity contribution in [3.63, 3.8) is 0 Å². The molecule has 0 aliphatic carbocycles. The van der Waals surface area contributed by atoms with E-state index in [1.165, 1.54) is 24.3 Å². The lowest BCUT2D eigenvalue weighted by Gasteiger charge is -2.38. The highest BCUT2D eigenvalue weighted by Crippen LogP contribution is 2.58. The van der Waals surface area contributed by atoms with Gasteiger partial charge >= 0.3 is 12.4 Å². The van der Waals surface area contributed by atoms with Gasteiger partial charge in [0.05, 0.1) is 39.3 Å². The molecule has 22 nitrogen and oxygen atoms in total. The summed E-state index contributed by atoms with van der Waals surface area (Å²) in [6.07, 6.45) is -12.6. The largest absolute Gasteiger partial charge is 0.457 e. The van der Waals surface area contributed by atoms with Crippen LogP contribution in [0.1, 0.15) is 139 Å². The van der Waals surface area contributed by atoms with E-state index in [-0.39, 0.29) is 34.1 Å². The van der Waals surface area contributed by atoms with Crippen LogP contribution in [0.4, 0.5) is 54.8 Å². The molecule has 4 aliphatic rings. The third-order valence-corrected chi connectivity index (χ3v) is 26.8. The summed E-state index contributed by atoms with van der Waals surface area (Å²) < 4.78 is 123. The van der Waals surface area contributed by atoms with Crippen molar-refractivity contribution < 1.29 is 83.0 Å². The predicted octanol–water partition coefficient (Wildman–Crippen LogP) is 23.9. The standard InChI is InChI=1S/C113H70F6N10O12/c1-125(2)72-30-16-66(17-31-72)101-121-123-103(140-101)68-24-44-79(45-25-68)138-77-40-20-64(21-41-77)93(60-8-6-5-7-9-60)61-10-34-74(35-11-61)127-105(132)85-48-28-70(58-91(85)109(127)136)111(112(114,115)116,113(117,118)119)71-29-49-86-92(59-71)110(137)128(106(86)133)75-36-12-62(13-37-75)94(65-22-42-78(43-23-65)139-80-46-26-69(27-47-80)104-124-122-102(141-104)67-18-32-73(33-19-67)126(3)4)63-14-38-76(39-15-63)129-107(134)89-56-52-83-81-50-54-87-97-88(100(131)120-99(87)130)55-51-82(95(81)97)84-53-57-90(108(129)135)98(89)96(83)84/h5-59,93-94H,1-4H3,(H,120,130,131). The molecule has 23 rings (SSSR count). The number of carbonyl (C=O) groups excluding carboxylic acids is 8. The third-order valence-electron chi connectivity index (χ3n) is 26.8. The molecule has 0 saturated carbocycles. The summed E-state index contributed by atoms with van der Waals surface area (Å²) in [5.74, 6) is -4.82. The molecule has 141 heavy (non-hydrogen) atoms. The number of fused-ring (bicyclic) bond motifs is 4. The summed E-state index contributed by atoms with van der Waals surface area (Å²) in [5.41, 5.74) is -0.404. The Morgan fingerprint density at radius 1 is 0.284 bits per heavy atom. The minimum Gasteiger partial charge on any atom is -0.457 e. The third kappa shape index (κ3) is 14.2. The molecule has 2 atom stereocenters. The fraction of sp³-hybridized carbons (Fsp3) is 0.0796. The van der Waals surface area contributed by atoms with Gasteiger partial charge in [-0.15, -0.1) is 20.4 Å². The van der Waals surface area contributed by atoms with Crippen molar-refractivity contribution in [1.29, 1.82) is 0 Å². The first-order valence-electron chi connectivity index (χ1n) is 44.6. The highest BCUT2D eigenvalue weighted by molar-refractivity contribution is 6.44. The molecular weight excluding hydrogens is 1800 g/mol. The molecule has 4 aliphatic heterocycles. The van der Waals surface area contributed by atoms with Crippen LogP contribution in [0.2, 0.25) is 0 Å². The quantitative estimate of drug-likeness (QED) is 0.0230. The van der Waals surface area contributed by atoms with Crippen LogP contribution in [0.25, 0.3) is 88.9 Å². The Labute approximate surface area is 796 Å². The Kier molecular flexibility index (Phi) is 20.3. The van der Waals surface area contributed by atoms with Crippen molar-refractivity contribution in [3.05, 3.63) is 423 Å². The maximum Gasteiger partial charge on any atom is 0.411 e. The lowest BCUT2D eigenvalue weighted by atomic mass is 9.71. The number of hydrogen-bond donors (Lipinski definition) is 1. The Bertz CT molecular complexity index is 8320. The van der Waals surface area contributed by atoms with E-state index < -0.39 is 110 Å². The molecule has 2 unspecified atom stereocenters. The molecule has 2 aromatic heterocycles. The van der Waals surface area contributed by atoms with Gasteiger partial charge in [0.2, 0.25) is 29.0 Å². The molecule has 0 bridgehead atoms. The second-order valence-electron chi connectivity index (χ2n) is 35.2. The second kappa shape index (κ2) is 33.0. The average molecular weight is 1870 g/mol. The molecule has 8 amide bonds. The van der Waals surface area contributed by atoms with Crippen LogP contribution < -0.4 is 39.3 Å². The number of nitrogens with zero attached hydrogens (tertiary/aromatic N) is 9. The predicted molar refractivity (Wildman–Crippen MR) is 518 cm³/mol. The lowest BCUT2D eigenvalue weighted by Crippen LogP contribution is -2.55. The monoisotopic (exact) mass is 1870 g/mol. The number of alkyl halides is 6. The fourth-order valence-corrected chi connectivity index (χ4v) is 19.9. The molecule has 19 aromatic rings. The van der Waals surface area contributed by atoms with Crippen LogP contribution in [0.5, 0.6) is 23.0 Å². The zero-order valence-corrected chi connectivity index (χ0v) is 74.6. The van der Waals surface area contributed by atoms with Crippen molar-refractivity contribution in [3.8, 4) is 68.8 Å². The number of ether oxygens (including phenoxy) is 2. The maximum atomic E-state index is 16.4. The molecule has 1 N–H and O–H groups in total. The number of nitrogens with one attached hydrogen (secondary N) is 1. The minimum atomic E-state index is -6.28. The lowest BCUT2D eigenvalue weighted by molar-refractivity contribution is -0.288. The second-order valence-corrected chi connectivity index (χ2v) is 35.2. The molecule has 0 fully saturated rings. The Morgan fingerprint density at radius 3 is 0.858 bits per heavy atom. The minimum absolute atomic E-state index is 0.0377. The molecular formula is C113H70F6N10O12. The van der Waals surface area contributed by atoms with Gasteiger partial charge in [0.1, 0.15) is 23.0 Å². The van der Waals surface area contributed by atoms with Crippen molar-refractivity contribution in [2.75, 3.05) is 52.7 Å². The van der Waals surface area contributed by atoms with Gasteiger partial charge in [0.25, 0.3) is 47.3 Å². The number of aromatic nitrogens is 4. The van der Waals surface area contributed by atoms with Crippen LogP contribution in [0.15, 0.2) is 342 Å². The van der Waals surface area contributed by atoms with Crippen molar-refractivity contribution >= 4 is 119 Å². The van der Waals surface area contributed by atoms with E-state index >= 15 is 35.9 Å². The van der Waals surface area contributed by atoms with E-state index in [1.54, 1.807) is 182 Å². The highest BCUT2D eigenvalue weighted by Gasteiger charge is 2.73. The summed E-state index contributed by atoms with van der Waals surface area (Å²) >= 11 is 0. The van der Waals surface area contributed by atoms with E-state index in [1.807, 2.05) is 129 Å². The Morgan fingerprint density at radius 2 is 0.546 bits per heavy atom. The van der Waals surface area contributed by atoms with E-state index in [4.69, 9.17) is 18.3 Å². The zero-order valence-electron chi connectivity index (χ0n) is 74.6. The van der Waals surface area contributed by atoms with Crippen LogP contribution in [0, 0.1) is 0 Å². The number of carbonyl (C=O) groups is 8. The normalized spacial score (nSPS) is 14.1. The van der Waals surface area contributed by atoms with E-state index in [9.17, 15) is 28.8 Å². The van der Waals surface area contributed by atoms with Crippen molar-refractivity contribution in [2.45, 2.75) is 29.6 Å². The van der Waals surface area contributed by atoms with Gasteiger partial charge in [0.15, 0.2) is 0 Å².